The summed E-state index contributed by atoms with van der Waals surface area (Å²) in [6.07, 6.45) is 7.41. The summed E-state index contributed by atoms with van der Waals surface area (Å²) in [6, 6.07) is 19.5. The normalized spacial score (nSPS) is 11.3. The molecule has 4 heteroatoms. The van der Waals surface area contributed by atoms with Crippen LogP contribution in [0.2, 0.25) is 5.02 Å². The lowest BCUT2D eigenvalue weighted by molar-refractivity contribution is 0.584. The summed E-state index contributed by atoms with van der Waals surface area (Å²) in [5, 5.41) is 0.534. The van der Waals surface area contributed by atoms with E-state index < -0.39 is 22.5 Å². The number of hydrogen-bond acceptors (Lipinski definition) is 0. The molecular weight excluding hydrogens is 441 g/mol. The van der Waals surface area contributed by atoms with E-state index in [4.69, 9.17) is 11.6 Å². The zero-order valence-corrected chi connectivity index (χ0v) is 19.4. The third kappa shape index (κ3) is 5.25. The van der Waals surface area contributed by atoms with Crippen molar-refractivity contribution in [2.45, 2.75) is 45.4 Å². The standard InChI is InChI=1S/C29H26ClF3/c1-2-3-4-5-6-7-19-8-10-20(11-9-19)21-12-14-24-22(16-21)13-15-25(29(24)33)23-17-26(31)28(30)27(32)18-23/h8-18H,2-7H2,1H3. The van der Waals surface area contributed by atoms with Gasteiger partial charge in [-0.15, -0.1) is 0 Å². The molecule has 0 saturated heterocycles. The zero-order chi connectivity index (χ0) is 23.4. The highest BCUT2D eigenvalue weighted by Crippen LogP contribution is 2.34. The molecule has 4 aromatic rings. The molecule has 0 aliphatic rings. The predicted octanol–water partition coefficient (Wildman–Crippen LogP) is 9.76. The molecule has 0 fully saturated rings. The minimum atomic E-state index is -0.911. The van der Waals surface area contributed by atoms with Crippen molar-refractivity contribution in [1.82, 2.24) is 0 Å². The van der Waals surface area contributed by atoms with Crippen LogP contribution in [0.1, 0.15) is 44.6 Å². The zero-order valence-electron chi connectivity index (χ0n) is 18.6. The Morgan fingerprint density at radius 2 is 1.33 bits per heavy atom. The third-order valence-corrected chi connectivity index (χ3v) is 6.47. The first-order valence-electron chi connectivity index (χ1n) is 11.4. The summed E-state index contributed by atoms with van der Waals surface area (Å²) in [6.45, 7) is 2.22. The van der Waals surface area contributed by atoms with Gasteiger partial charge in [0.2, 0.25) is 0 Å². The molecule has 0 nitrogen and oxygen atoms in total. The molecule has 0 radical (unpaired) electrons. The molecule has 0 aliphatic heterocycles. The number of fused-ring (bicyclic) bond motifs is 1. The van der Waals surface area contributed by atoms with E-state index in [-0.39, 0.29) is 11.1 Å². The van der Waals surface area contributed by atoms with Crippen LogP contribution in [0.4, 0.5) is 13.2 Å². The van der Waals surface area contributed by atoms with Gasteiger partial charge in [-0.25, -0.2) is 13.2 Å². The molecule has 4 aromatic carbocycles. The van der Waals surface area contributed by atoms with E-state index in [0.29, 0.717) is 5.39 Å². The number of benzene rings is 4. The molecule has 0 atom stereocenters. The van der Waals surface area contributed by atoms with Gasteiger partial charge in [0.15, 0.2) is 0 Å². The van der Waals surface area contributed by atoms with Crippen molar-refractivity contribution in [3.8, 4) is 22.3 Å². The summed E-state index contributed by atoms with van der Waals surface area (Å²) in [5.74, 6) is -2.34. The van der Waals surface area contributed by atoms with Crippen LogP contribution in [-0.2, 0) is 6.42 Å². The first-order chi connectivity index (χ1) is 16.0. The smallest absolute Gasteiger partial charge is 0.145 e. The van der Waals surface area contributed by atoms with Crippen LogP contribution in [0.3, 0.4) is 0 Å². The van der Waals surface area contributed by atoms with E-state index in [2.05, 4.69) is 31.2 Å². The average molecular weight is 467 g/mol. The Hall–Kier alpha value is -2.78. The Labute approximate surface area is 198 Å². The highest BCUT2D eigenvalue weighted by atomic mass is 35.5. The number of halogens is 4. The Morgan fingerprint density at radius 1 is 0.667 bits per heavy atom. The maximum Gasteiger partial charge on any atom is 0.145 e. The van der Waals surface area contributed by atoms with Crippen molar-refractivity contribution < 1.29 is 13.2 Å². The first-order valence-corrected chi connectivity index (χ1v) is 11.8. The molecule has 0 saturated carbocycles. The van der Waals surface area contributed by atoms with Gasteiger partial charge in [-0.1, -0.05) is 92.7 Å². The number of rotatable bonds is 8. The molecule has 0 spiro atoms. The second kappa shape index (κ2) is 10.4. The molecule has 0 amide bonds. The van der Waals surface area contributed by atoms with Gasteiger partial charge in [0.05, 0.1) is 0 Å². The van der Waals surface area contributed by atoms with Crippen LogP contribution in [-0.4, -0.2) is 0 Å². The summed E-state index contributed by atoms with van der Waals surface area (Å²) in [5.41, 5.74) is 3.64. The fourth-order valence-electron chi connectivity index (χ4n) is 4.20. The van der Waals surface area contributed by atoms with Crippen molar-refractivity contribution in [1.29, 1.82) is 0 Å². The van der Waals surface area contributed by atoms with Crippen molar-refractivity contribution >= 4 is 22.4 Å². The number of aryl methyl sites for hydroxylation is 1. The van der Waals surface area contributed by atoms with Crippen LogP contribution < -0.4 is 0 Å². The maximum atomic E-state index is 15.2. The van der Waals surface area contributed by atoms with Crippen molar-refractivity contribution in [2.24, 2.45) is 0 Å². The number of hydrogen-bond donors (Lipinski definition) is 0. The van der Waals surface area contributed by atoms with Crippen LogP contribution in [0, 0.1) is 17.5 Å². The van der Waals surface area contributed by atoms with Crippen molar-refractivity contribution in [3.05, 3.63) is 94.8 Å². The van der Waals surface area contributed by atoms with E-state index in [1.807, 2.05) is 12.1 Å². The lowest BCUT2D eigenvalue weighted by Gasteiger charge is -2.10. The summed E-state index contributed by atoms with van der Waals surface area (Å²) in [4.78, 5) is 0. The van der Waals surface area contributed by atoms with E-state index in [1.54, 1.807) is 18.2 Å². The third-order valence-electron chi connectivity index (χ3n) is 6.11. The molecule has 0 unspecified atom stereocenters. The maximum absolute atomic E-state index is 15.2. The second-order valence-electron chi connectivity index (χ2n) is 8.48. The molecule has 0 N–H and O–H groups in total. The molecule has 4 rings (SSSR count). The minimum Gasteiger partial charge on any atom is -0.206 e. The van der Waals surface area contributed by atoms with Crippen LogP contribution in [0.15, 0.2) is 66.7 Å². The quantitative estimate of drug-likeness (QED) is 0.179. The Balaban J connectivity index is 1.56. The molecule has 0 aromatic heterocycles. The Bertz CT molecular complexity index is 1240. The highest BCUT2D eigenvalue weighted by molar-refractivity contribution is 6.31. The molecule has 170 valence electrons. The van der Waals surface area contributed by atoms with E-state index in [1.165, 1.54) is 37.7 Å². The molecule has 0 heterocycles. The van der Waals surface area contributed by atoms with Gasteiger partial charge in [0.25, 0.3) is 0 Å². The highest BCUT2D eigenvalue weighted by Gasteiger charge is 2.15. The Kier molecular flexibility index (Phi) is 7.39. The fourth-order valence-corrected chi connectivity index (χ4v) is 4.31. The summed E-state index contributed by atoms with van der Waals surface area (Å²) >= 11 is 5.56. The lowest BCUT2D eigenvalue weighted by atomic mass is 9.96. The number of unbranched alkanes of at least 4 members (excludes halogenated alkanes) is 4. The predicted molar refractivity (Wildman–Crippen MR) is 132 cm³/mol. The first kappa shape index (κ1) is 23.4. The van der Waals surface area contributed by atoms with Gasteiger partial charge in [-0.2, -0.15) is 0 Å². The van der Waals surface area contributed by atoms with E-state index in [0.717, 1.165) is 35.1 Å². The summed E-state index contributed by atoms with van der Waals surface area (Å²) < 4.78 is 43.0. The van der Waals surface area contributed by atoms with Gasteiger partial charge in [-0.05, 0) is 58.7 Å². The fraction of sp³-hybridized carbons (Fsp3) is 0.241. The summed E-state index contributed by atoms with van der Waals surface area (Å²) in [7, 11) is 0. The van der Waals surface area contributed by atoms with Gasteiger partial charge in [0.1, 0.15) is 22.5 Å². The minimum absolute atomic E-state index is 0.114. The van der Waals surface area contributed by atoms with Crippen LogP contribution >= 0.6 is 11.6 Å². The van der Waals surface area contributed by atoms with Crippen LogP contribution in [0.25, 0.3) is 33.0 Å². The lowest BCUT2D eigenvalue weighted by Crippen LogP contribution is -1.92. The van der Waals surface area contributed by atoms with E-state index in [9.17, 15) is 8.78 Å². The topological polar surface area (TPSA) is 0 Å². The van der Waals surface area contributed by atoms with Crippen molar-refractivity contribution in [2.75, 3.05) is 0 Å². The molecule has 0 bridgehead atoms. The average Bonchev–Trinajstić information content (AvgIpc) is 2.82. The monoisotopic (exact) mass is 466 g/mol. The largest absolute Gasteiger partial charge is 0.206 e. The Morgan fingerprint density at radius 3 is 2.03 bits per heavy atom. The molecule has 33 heavy (non-hydrogen) atoms. The van der Waals surface area contributed by atoms with Crippen LogP contribution in [0.5, 0.6) is 0 Å². The second-order valence-corrected chi connectivity index (χ2v) is 8.86. The van der Waals surface area contributed by atoms with E-state index >= 15 is 4.39 Å². The van der Waals surface area contributed by atoms with Gasteiger partial charge in [-0.3, -0.25) is 0 Å². The van der Waals surface area contributed by atoms with Gasteiger partial charge < -0.3 is 0 Å². The SMILES string of the molecule is CCCCCCCc1ccc(-c2ccc3c(F)c(-c4cc(F)c(Cl)c(F)c4)ccc3c2)cc1. The van der Waals surface area contributed by atoms with Crippen molar-refractivity contribution in [3.63, 3.8) is 0 Å². The van der Waals surface area contributed by atoms with Gasteiger partial charge >= 0.3 is 0 Å². The van der Waals surface area contributed by atoms with Gasteiger partial charge in [0, 0.05) is 10.9 Å². The molecule has 0 aliphatic carbocycles. The molecular formula is C29H26ClF3.